The molecule has 2 aromatic rings. The molecule has 1 amide bonds. The number of nitrogens with zero attached hydrogens (tertiary/aromatic N) is 1. The number of carbonyl (C=O) groups is 1. The van der Waals surface area contributed by atoms with Crippen molar-refractivity contribution in [1.82, 2.24) is 0 Å². The Morgan fingerprint density at radius 3 is 2.62 bits per heavy atom. The number of carbonyl (C=O) groups excluding carboxylic acids is 1. The summed E-state index contributed by atoms with van der Waals surface area (Å²) in [6.45, 7) is 1.80. The largest absolute Gasteiger partial charge is 0.495 e. The van der Waals surface area contributed by atoms with E-state index in [1.54, 1.807) is 43.3 Å². The molecule has 106 valence electrons. The average molecular weight is 281 g/mol. The van der Waals surface area contributed by atoms with Crippen LogP contribution in [0.3, 0.4) is 0 Å². The molecule has 0 saturated heterocycles. The van der Waals surface area contributed by atoms with E-state index in [0.717, 1.165) is 5.56 Å². The molecule has 5 heteroatoms. The lowest BCUT2D eigenvalue weighted by molar-refractivity contribution is 0.102. The van der Waals surface area contributed by atoms with E-state index < -0.39 is 0 Å². The predicted octanol–water partition coefficient (Wildman–Crippen LogP) is 2.71. The molecule has 0 unspecified atom stereocenters. The summed E-state index contributed by atoms with van der Waals surface area (Å²) >= 11 is 0. The fourth-order valence-electron chi connectivity index (χ4n) is 2.10. The molecular weight excluding hydrogens is 266 g/mol. The van der Waals surface area contributed by atoms with Crippen LogP contribution in [0.25, 0.3) is 0 Å². The highest BCUT2D eigenvalue weighted by atomic mass is 16.5. The summed E-state index contributed by atoms with van der Waals surface area (Å²) in [5.41, 5.74) is 8.08. The average Bonchev–Trinajstić information content (AvgIpc) is 2.47. The molecule has 0 bridgehead atoms. The normalized spacial score (nSPS) is 9.76. The van der Waals surface area contributed by atoms with Gasteiger partial charge in [0.25, 0.3) is 5.91 Å². The van der Waals surface area contributed by atoms with Crippen LogP contribution >= 0.6 is 0 Å². The van der Waals surface area contributed by atoms with Crippen molar-refractivity contribution in [3.05, 3.63) is 53.1 Å². The molecule has 0 aliphatic carbocycles. The highest BCUT2D eigenvalue weighted by molar-refractivity contribution is 6.09. The number of rotatable bonds is 3. The van der Waals surface area contributed by atoms with Gasteiger partial charge in [0.2, 0.25) is 0 Å². The summed E-state index contributed by atoms with van der Waals surface area (Å²) in [4.78, 5) is 12.4. The van der Waals surface area contributed by atoms with Gasteiger partial charge >= 0.3 is 0 Å². The van der Waals surface area contributed by atoms with Crippen LogP contribution in [0.5, 0.6) is 5.75 Å². The molecule has 0 aliphatic heterocycles. The standard InChI is InChI=1S/C16H15N3O2/c1-10-5-3-7-12(18)14(10)16(20)19-15-11(9-17)6-4-8-13(15)21-2/h3-8H,18H2,1-2H3,(H,19,20). The molecule has 0 aliphatic rings. The molecule has 0 atom stereocenters. The van der Waals surface area contributed by atoms with Gasteiger partial charge in [0.05, 0.1) is 18.2 Å². The summed E-state index contributed by atoms with van der Waals surface area (Å²) < 4.78 is 5.19. The Labute approximate surface area is 123 Å². The van der Waals surface area contributed by atoms with E-state index in [1.807, 2.05) is 6.07 Å². The van der Waals surface area contributed by atoms with Crippen molar-refractivity contribution in [2.24, 2.45) is 0 Å². The number of nitrogens with one attached hydrogen (secondary N) is 1. The molecule has 5 nitrogen and oxygen atoms in total. The first-order valence-corrected chi connectivity index (χ1v) is 6.32. The highest BCUT2D eigenvalue weighted by Gasteiger charge is 2.17. The van der Waals surface area contributed by atoms with Gasteiger partial charge in [-0.05, 0) is 30.7 Å². The monoisotopic (exact) mass is 281 g/mol. The van der Waals surface area contributed by atoms with Crippen molar-refractivity contribution in [3.63, 3.8) is 0 Å². The minimum Gasteiger partial charge on any atom is -0.495 e. The second-order valence-electron chi connectivity index (χ2n) is 4.49. The van der Waals surface area contributed by atoms with Gasteiger partial charge in [-0.3, -0.25) is 4.79 Å². The van der Waals surface area contributed by atoms with Gasteiger partial charge in [-0.1, -0.05) is 18.2 Å². The minimum absolute atomic E-state index is 0.329. The Bertz CT molecular complexity index is 713. The van der Waals surface area contributed by atoms with Gasteiger partial charge in [-0.2, -0.15) is 5.26 Å². The van der Waals surface area contributed by atoms with Crippen LogP contribution in [0.1, 0.15) is 21.5 Å². The van der Waals surface area contributed by atoms with Crippen molar-refractivity contribution in [2.75, 3.05) is 18.2 Å². The van der Waals surface area contributed by atoms with Crippen molar-refractivity contribution in [3.8, 4) is 11.8 Å². The summed E-state index contributed by atoms with van der Waals surface area (Å²) in [5.74, 6) is 0.0566. The van der Waals surface area contributed by atoms with E-state index in [4.69, 9.17) is 15.7 Å². The number of aryl methyl sites for hydroxylation is 1. The van der Waals surface area contributed by atoms with Crippen LogP contribution in [0.15, 0.2) is 36.4 Å². The third-order valence-corrected chi connectivity index (χ3v) is 3.14. The molecule has 0 aromatic heterocycles. The van der Waals surface area contributed by atoms with Crippen LogP contribution < -0.4 is 15.8 Å². The smallest absolute Gasteiger partial charge is 0.258 e. The predicted molar refractivity (Wildman–Crippen MR) is 81.3 cm³/mol. The highest BCUT2D eigenvalue weighted by Crippen LogP contribution is 2.29. The molecule has 2 rings (SSSR count). The van der Waals surface area contributed by atoms with E-state index >= 15 is 0 Å². The molecule has 3 N–H and O–H groups in total. The first kappa shape index (κ1) is 14.4. The molecular formula is C16H15N3O2. The maximum absolute atomic E-state index is 12.4. The van der Waals surface area contributed by atoms with Gasteiger partial charge < -0.3 is 15.8 Å². The summed E-state index contributed by atoms with van der Waals surface area (Å²) in [6, 6.07) is 12.3. The van der Waals surface area contributed by atoms with E-state index in [0.29, 0.717) is 28.3 Å². The number of benzene rings is 2. The second-order valence-corrected chi connectivity index (χ2v) is 4.49. The number of amides is 1. The molecule has 0 heterocycles. The zero-order chi connectivity index (χ0) is 15.4. The molecule has 2 aromatic carbocycles. The Hall–Kier alpha value is -3.00. The fourth-order valence-corrected chi connectivity index (χ4v) is 2.10. The summed E-state index contributed by atoms with van der Waals surface area (Å²) in [6.07, 6.45) is 0. The Balaban J connectivity index is 2.44. The zero-order valence-corrected chi connectivity index (χ0v) is 11.8. The number of nitriles is 1. The van der Waals surface area contributed by atoms with Crippen molar-refractivity contribution >= 4 is 17.3 Å². The molecule has 0 radical (unpaired) electrons. The van der Waals surface area contributed by atoms with Gasteiger partial charge in [0, 0.05) is 5.69 Å². The first-order valence-electron chi connectivity index (χ1n) is 6.32. The number of hydrogen-bond donors (Lipinski definition) is 2. The molecule has 0 spiro atoms. The topological polar surface area (TPSA) is 88.1 Å². The van der Waals surface area contributed by atoms with Crippen LogP contribution in [0.4, 0.5) is 11.4 Å². The fraction of sp³-hybridized carbons (Fsp3) is 0.125. The Morgan fingerprint density at radius 2 is 2.00 bits per heavy atom. The SMILES string of the molecule is COc1cccc(C#N)c1NC(=O)c1c(C)cccc1N. The molecule has 21 heavy (non-hydrogen) atoms. The number of para-hydroxylation sites is 1. The Kier molecular flexibility index (Phi) is 4.10. The zero-order valence-electron chi connectivity index (χ0n) is 11.8. The van der Waals surface area contributed by atoms with Crippen LogP contribution in [0.2, 0.25) is 0 Å². The van der Waals surface area contributed by atoms with Crippen LogP contribution in [-0.4, -0.2) is 13.0 Å². The van der Waals surface area contributed by atoms with Gasteiger partial charge in [0.15, 0.2) is 0 Å². The summed E-state index contributed by atoms with van der Waals surface area (Å²) in [5, 5.41) is 11.9. The lowest BCUT2D eigenvalue weighted by atomic mass is 10.1. The number of hydrogen-bond acceptors (Lipinski definition) is 4. The number of methoxy groups -OCH3 is 1. The van der Waals surface area contributed by atoms with Crippen molar-refractivity contribution in [2.45, 2.75) is 6.92 Å². The third kappa shape index (κ3) is 2.79. The maximum Gasteiger partial charge on any atom is 0.258 e. The van der Waals surface area contributed by atoms with Crippen LogP contribution in [-0.2, 0) is 0 Å². The molecule has 0 fully saturated rings. The Morgan fingerprint density at radius 1 is 1.29 bits per heavy atom. The minimum atomic E-state index is -0.369. The van der Waals surface area contributed by atoms with E-state index in [9.17, 15) is 4.79 Å². The van der Waals surface area contributed by atoms with Gasteiger partial charge in [0.1, 0.15) is 17.5 Å². The molecule has 0 saturated carbocycles. The van der Waals surface area contributed by atoms with E-state index in [-0.39, 0.29) is 5.91 Å². The van der Waals surface area contributed by atoms with Gasteiger partial charge in [-0.15, -0.1) is 0 Å². The van der Waals surface area contributed by atoms with Crippen molar-refractivity contribution < 1.29 is 9.53 Å². The lowest BCUT2D eigenvalue weighted by Gasteiger charge is -2.13. The van der Waals surface area contributed by atoms with E-state index in [2.05, 4.69) is 5.32 Å². The second kappa shape index (κ2) is 5.97. The van der Waals surface area contributed by atoms with Crippen LogP contribution in [0, 0.1) is 18.3 Å². The number of ether oxygens (including phenoxy) is 1. The lowest BCUT2D eigenvalue weighted by Crippen LogP contribution is -2.17. The number of nitrogen functional groups attached to an aromatic ring is 1. The van der Waals surface area contributed by atoms with E-state index in [1.165, 1.54) is 7.11 Å². The number of anilines is 2. The van der Waals surface area contributed by atoms with Gasteiger partial charge in [-0.25, -0.2) is 0 Å². The van der Waals surface area contributed by atoms with Crippen molar-refractivity contribution in [1.29, 1.82) is 5.26 Å². The first-order chi connectivity index (χ1) is 10.1. The third-order valence-electron chi connectivity index (χ3n) is 3.14. The summed E-state index contributed by atoms with van der Waals surface area (Å²) in [7, 11) is 1.48. The maximum atomic E-state index is 12.4. The quantitative estimate of drug-likeness (QED) is 0.847. The number of nitrogens with two attached hydrogens (primary N) is 1.